The number of piperidine rings is 1. The van der Waals surface area contributed by atoms with E-state index in [4.69, 9.17) is 9.47 Å². The van der Waals surface area contributed by atoms with Gasteiger partial charge in [0.1, 0.15) is 11.3 Å². The van der Waals surface area contributed by atoms with E-state index < -0.39 is 5.54 Å². The molecule has 0 saturated carbocycles. The van der Waals surface area contributed by atoms with Crippen LogP contribution < -0.4 is 4.74 Å². The van der Waals surface area contributed by atoms with Crippen molar-refractivity contribution in [3.05, 3.63) is 77.9 Å². The second kappa shape index (κ2) is 10.9. The van der Waals surface area contributed by atoms with Crippen molar-refractivity contribution < 1.29 is 19.1 Å². The summed E-state index contributed by atoms with van der Waals surface area (Å²) in [6.07, 6.45) is 1.96. The highest BCUT2D eigenvalue weighted by molar-refractivity contribution is 6.07. The van der Waals surface area contributed by atoms with Crippen LogP contribution >= 0.6 is 0 Å². The van der Waals surface area contributed by atoms with Crippen molar-refractivity contribution in [3.8, 4) is 5.75 Å². The lowest BCUT2D eigenvalue weighted by atomic mass is 9.85. The van der Waals surface area contributed by atoms with Crippen LogP contribution in [0, 0.1) is 0 Å². The molecule has 2 fully saturated rings. The third kappa shape index (κ3) is 5.06. The van der Waals surface area contributed by atoms with Crippen LogP contribution in [-0.4, -0.2) is 72.6 Å². The number of amides is 3. The molecule has 2 aliphatic heterocycles. The number of methoxy groups -OCH3 is 2. The fourth-order valence-corrected chi connectivity index (χ4v) is 5.71. The van der Waals surface area contributed by atoms with Gasteiger partial charge in [-0.1, -0.05) is 48.5 Å². The Morgan fingerprint density at radius 1 is 0.838 bits per heavy atom. The van der Waals surface area contributed by atoms with E-state index in [2.05, 4.69) is 41.3 Å². The molecule has 5 rings (SSSR count). The minimum atomic E-state index is -0.785. The molecule has 3 amide bonds. The molecule has 0 N–H and O–H groups in total. The van der Waals surface area contributed by atoms with Crippen LogP contribution in [0.3, 0.4) is 0 Å². The SMILES string of the molecule is COCCCN1C(=O)N(Cc2ccc3ccccc3c2)C(=O)C12CCN(Cc1cccc(OC)c1)CC2. The second-order valence-corrected chi connectivity index (χ2v) is 10.0. The van der Waals surface area contributed by atoms with E-state index in [1.807, 2.05) is 35.2 Å². The standard InChI is InChI=1S/C30H35N3O4/c1-36-18-6-15-33-29(35)32(22-24-11-12-25-8-3-4-9-26(25)19-24)28(34)30(33)13-16-31(17-14-30)21-23-7-5-10-27(20-23)37-2/h3-5,7-12,19-20H,6,13-18,21-22H2,1-2H3. The number of hydrogen-bond acceptors (Lipinski definition) is 5. The van der Waals surface area contributed by atoms with Crippen LogP contribution in [-0.2, 0) is 22.6 Å². The third-order valence-corrected chi connectivity index (χ3v) is 7.73. The smallest absolute Gasteiger partial charge is 0.327 e. The summed E-state index contributed by atoms with van der Waals surface area (Å²) < 4.78 is 10.6. The maximum absolute atomic E-state index is 13.9. The molecule has 0 radical (unpaired) electrons. The molecule has 0 bridgehead atoms. The second-order valence-electron chi connectivity index (χ2n) is 10.0. The zero-order chi connectivity index (χ0) is 25.8. The number of carbonyl (C=O) groups excluding carboxylic acids is 2. The number of imide groups is 1. The number of hydrogen-bond donors (Lipinski definition) is 0. The first-order valence-electron chi connectivity index (χ1n) is 13.0. The summed E-state index contributed by atoms with van der Waals surface area (Å²) in [5.74, 6) is 0.778. The summed E-state index contributed by atoms with van der Waals surface area (Å²) in [6.45, 7) is 3.66. The summed E-state index contributed by atoms with van der Waals surface area (Å²) in [6, 6.07) is 22.2. The van der Waals surface area contributed by atoms with Crippen LogP contribution in [0.15, 0.2) is 66.7 Å². The zero-order valence-electron chi connectivity index (χ0n) is 21.7. The number of benzene rings is 3. The lowest BCUT2D eigenvalue weighted by Crippen LogP contribution is -2.56. The van der Waals surface area contributed by atoms with Crippen molar-refractivity contribution in [2.75, 3.05) is 40.5 Å². The van der Waals surface area contributed by atoms with E-state index in [-0.39, 0.29) is 11.9 Å². The van der Waals surface area contributed by atoms with Gasteiger partial charge >= 0.3 is 6.03 Å². The number of ether oxygens (including phenoxy) is 2. The van der Waals surface area contributed by atoms with Gasteiger partial charge in [0.15, 0.2) is 0 Å². The van der Waals surface area contributed by atoms with Gasteiger partial charge in [-0.05, 0) is 59.4 Å². The van der Waals surface area contributed by atoms with E-state index in [0.717, 1.165) is 41.7 Å². The van der Waals surface area contributed by atoms with Crippen molar-refractivity contribution in [2.24, 2.45) is 0 Å². The van der Waals surface area contributed by atoms with Gasteiger partial charge in [0.2, 0.25) is 0 Å². The highest BCUT2D eigenvalue weighted by Crippen LogP contribution is 2.38. The predicted molar refractivity (Wildman–Crippen MR) is 143 cm³/mol. The molecule has 37 heavy (non-hydrogen) atoms. The van der Waals surface area contributed by atoms with Crippen LogP contribution in [0.25, 0.3) is 10.8 Å². The molecule has 0 atom stereocenters. The molecule has 0 aliphatic carbocycles. The highest BCUT2D eigenvalue weighted by atomic mass is 16.5. The quantitative estimate of drug-likeness (QED) is 0.315. The fraction of sp³-hybridized carbons (Fsp3) is 0.400. The summed E-state index contributed by atoms with van der Waals surface area (Å²) >= 11 is 0. The molecule has 7 heteroatoms. The number of nitrogens with zero attached hydrogens (tertiary/aromatic N) is 3. The first kappa shape index (κ1) is 25.2. The lowest BCUT2D eigenvalue weighted by Gasteiger charge is -2.42. The Kier molecular flexibility index (Phi) is 7.44. The van der Waals surface area contributed by atoms with Crippen molar-refractivity contribution in [1.29, 1.82) is 0 Å². The van der Waals surface area contributed by atoms with Crippen LogP contribution in [0.4, 0.5) is 4.79 Å². The van der Waals surface area contributed by atoms with Gasteiger partial charge in [-0.2, -0.15) is 0 Å². The van der Waals surface area contributed by atoms with E-state index >= 15 is 0 Å². The van der Waals surface area contributed by atoms with E-state index in [9.17, 15) is 9.59 Å². The molecule has 1 spiro atoms. The minimum Gasteiger partial charge on any atom is -0.497 e. The summed E-state index contributed by atoms with van der Waals surface area (Å²) in [7, 11) is 3.34. The van der Waals surface area contributed by atoms with E-state index in [1.165, 1.54) is 10.5 Å². The Bertz CT molecular complexity index is 1270. The van der Waals surface area contributed by atoms with Gasteiger partial charge < -0.3 is 14.4 Å². The van der Waals surface area contributed by atoms with Crippen molar-refractivity contribution in [3.63, 3.8) is 0 Å². The van der Waals surface area contributed by atoms with Crippen LogP contribution in [0.5, 0.6) is 5.75 Å². The van der Waals surface area contributed by atoms with Gasteiger partial charge in [0.25, 0.3) is 5.91 Å². The summed E-state index contributed by atoms with van der Waals surface area (Å²) in [5.41, 5.74) is 1.36. The Hall–Kier alpha value is -3.42. The predicted octanol–water partition coefficient (Wildman–Crippen LogP) is 4.68. The Labute approximate surface area is 218 Å². The Morgan fingerprint density at radius 2 is 1.59 bits per heavy atom. The van der Waals surface area contributed by atoms with E-state index in [1.54, 1.807) is 14.2 Å². The first-order chi connectivity index (χ1) is 18.0. The van der Waals surface area contributed by atoms with Crippen LogP contribution in [0.1, 0.15) is 30.4 Å². The maximum Gasteiger partial charge on any atom is 0.327 e. The fourth-order valence-electron chi connectivity index (χ4n) is 5.71. The molecule has 3 aromatic carbocycles. The largest absolute Gasteiger partial charge is 0.497 e. The highest BCUT2D eigenvalue weighted by Gasteiger charge is 2.57. The Balaban J connectivity index is 1.34. The third-order valence-electron chi connectivity index (χ3n) is 7.73. The normalized spacial score (nSPS) is 17.8. The molecular weight excluding hydrogens is 466 g/mol. The maximum atomic E-state index is 13.9. The van der Waals surface area contributed by atoms with Gasteiger partial charge in [-0.3, -0.25) is 14.6 Å². The van der Waals surface area contributed by atoms with Crippen molar-refractivity contribution >= 4 is 22.7 Å². The first-order valence-corrected chi connectivity index (χ1v) is 13.0. The molecular formula is C30H35N3O4. The Morgan fingerprint density at radius 3 is 2.35 bits per heavy atom. The summed E-state index contributed by atoms with van der Waals surface area (Å²) in [5, 5.41) is 2.25. The molecule has 3 aromatic rings. The van der Waals surface area contributed by atoms with Crippen LogP contribution in [0.2, 0.25) is 0 Å². The average molecular weight is 502 g/mol. The molecule has 194 valence electrons. The number of urea groups is 1. The molecule has 0 aromatic heterocycles. The monoisotopic (exact) mass is 501 g/mol. The van der Waals surface area contributed by atoms with Gasteiger partial charge in [-0.15, -0.1) is 0 Å². The van der Waals surface area contributed by atoms with Gasteiger partial charge in [0.05, 0.1) is 13.7 Å². The topological polar surface area (TPSA) is 62.3 Å². The van der Waals surface area contributed by atoms with Gasteiger partial charge in [-0.25, -0.2) is 4.79 Å². The van der Waals surface area contributed by atoms with E-state index in [0.29, 0.717) is 39.0 Å². The molecule has 2 saturated heterocycles. The van der Waals surface area contributed by atoms with Crippen molar-refractivity contribution in [1.82, 2.24) is 14.7 Å². The molecule has 2 heterocycles. The van der Waals surface area contributed by atoms with Crippen molar-refractivity contribution in [2.45, 2.75) is 37.9 Å². The molecule has 2 aliphatic rings. The zero-order valence-corrected chi connectivity index (χ0v) is 21.7. The molecule has 0 unspecified atom stereocenters. The minimum absolute atomic E-state index is 0.0656. The number of rotatable bonds is 9. The number of likely N-dealkylation sites (tertiary alicyclic amines) is 1. The summed E-state index contributed by atoms with van der Waals surface area (Å²) in [4.78, 5) is 33.3. The number of carbonyl (C=O) groups is 2. The lowest BCUT2D eigenvalue weighted by molar-refractivity contribution is -0.136. The van der Waals surface area contributed by atoms with Gasteiger partial charge in [0, 0.05) is 39.9 Å². The molecule has 7 nitrogen and oxygen atoms in total. The average Bonchev–Trinajstić information content (AvgIpc) is 3.11. The number of fused-ring (bicyclic) bond motifs is 1.